The van der Waals surface area contributed by atoms with Crippen molar-refractivity contribution < 1.29 is 32.5 Å². The first-order valence-corrected chi connectivity index (χ1v) is 21.5. The molecule has 5 aliphatic rings. The van der Waals surface area contributed by atoms with Gasteiger partial charge >= 0.3 is 0 Å². The van der Waals surface area contributed by atoms with E-state index in [0.29, 0.717) is 76.0 Å². The molecule has 6 rings (SSSR count). The van der Waals surface area contributed by atoms with Crippen molar-refractivity contribution in [3.05, 3.63) is 35.9 Å². The fourth-order valence-electron chi connectivity index (χ4n) is 10.2. The van der Waals surface area contributed by atoms with Crippen LogP contribution in [0.4, 0.5) is 8.78 Å². The number of hydrogen-bond donors (Lipinski definition) is 3. The number of benzene rings is 1. The smallest absolute Gasteiger partial charge is 0.248 e. The number of halogens is 2. The van der Waals surface area contributed by atoms with Gasteiger partial charge in [-0.25, -0.2) is 8.78 Å². The van der Waals surface area contributed by atoms with Crippen LogP contribution < -0.4 is 5.32 Å². The van der Waals surface area contributed by atoms with Gasteiger partial charge in [0.2, 0.25) is 11.8 Å². The average molecular weight is 797 g/mol. The van der Waals surface area contributed by atoms with Crippen LogP contribution in [0.15, 0.2) is 30.3 Å². The maximum absolute atomic E-state index is 13.8. The molecule has 1 amide bonds. The molecule has 1 aromatic rings. The molecule has 2 bridgehead atoms. The highest BCUT2D eigenvalue weighted by atomic mass is 19.3. The number of ether oxygens (including phenoxy) is 4. The molecule has 2 aliphatic carbocycles. The molecule has 3 unspecified atom stereocenters. The highest BCUT2D eigenvalue weighted by molar-refractivity contribution is 5.99. The van der Waals surface area contributed by atoms with Crippen LogP contribution >= 0.6 is 0 Å². The number of piperidine rings is 1. The summed E-state index contributed by atoms with van der Waals surface area (Å²) in [4.78, 5) is 20.5. The molecular weight excluding hydrogens is 731 g/mol. The Hall–Kier alpha value is -2.99. The summed E-state index contributed by atoms with van der Waals surface area (Å²) in [5.41, 5.74) is 1.33. The third kappa shape index (κ3) is 11.8. The minimum atomic E-state index is -2.66. The number of amidine groups is 2. The van der Waals surface area contributed by atoms with E-state index in [1.165, 1.54) is 0 Å². The van der Waals surface area contributed by atoms with Gasteiger partial charge in [0.1, 0.15) is 12.4 Å². The van der Waals surface area contributed by atoms with Crippen molar-refractivity contribution in [2.24, 2.45) is 17.3 Å². The van der Waals surface area contributed by atoms with Crippen molar-refractivity contribution >= 4 is 17.6 Å². The maximum atomic E-state index is 13.8. The van der Waals surface area contributed by atoms with Gasteiger partial charge in [0.15, 0.2) is 0 Å². The van der Waals surface area contributed by atoms with Crippen LogP contribution in [0.3, 0.4) is 0 Å². The largest absolute Gasteiger partial charge is 0.378 e. The van der Waals surface area contributed by atoms with E-state index >= 15 is 0 Å². The van der Waals surface area contributed by atoms with Gasteiger partial charge in [-0.3, -0.25) is 20.5 Å². The fraction of sp³-hybridized carbons (Fsp3) is 0.750. The van der Waals surface area contributed by atoms with Crippen molar-refractivity contribution in [1.29, 1.82) is 10.8 Å². The number of nitrogens with zero attached hydrogens (tertiary/aromatic N) is 3. The molecule has 57 heavy (non-hydrogen) atoms. The molecule has 11 nitrogen and oxygen atoms in total. The zero-order valence-corrected chi connectivity index (χ0v) is 34.0. The first-order chi connectivity index (χ1) is 27.6. The van der Waals surface area contributed by atoms with Gasteiger partial charge in [0, 0.05) is 49.9 Å². The molecule has 3 heterocycles. The molecule has 4 atom stereocenters. The van der Waals surface area contributed by atoms with Gasteiger partial charge in [-0.1, -0.05) is 36.3 Å². The molecule has 0 radical (unpaired) electrons. The third-order valence-electron chi connectivity index (χ3n) is 13.4. The van der Waals surface area contributed by atoms with Crippen LogP contribution in [-0.4, -0.2) is 135 Å². The van der Waals surface area contributed by atoms with Gasteiger partial charge in [-0.05, 0) is 95.2 Å². The van der Waals surface area contributed by atoms with E-state index in [2.05, 4.69) is 25.9 Å². The second-order valence-electron chi connectivity index (χ2n) is 17.1. The molecule has 3 N–H and O–H groups in total. The van der Waals surface area contributed by atoms with Crippen LogP contribution in [0, 0.1) is 40.4 Å². The number of amides is 1. The highest BCUT2D eigenvalue weighted by Crippen LogP contribution is 2.54. The number of carbonyl (C=O) groups is 1. The molecule has 1 spiro atoms. The Morgan fingerprint density at radius 3 is 2.16 bits per heavy atom. The van der Waals surface area contributed by atoms with Crippen molar-refractivity contribution in [3.8, 4) is 12.3 Å². The number of rotatable bonds is 21. The zero-order valence-electron chi connectivity index (χ0n) is 34.0. The van der Waals surface area contributed by atoms with E-state index in [4.69, 9.17) is 30.8 Å². The average Bonchev–Trinajstić information content (AvgIpc) is 3.74. The number of terminal acetylenes is 1. The minimum absolute atomic E-state index is 0.115. The van der Waals surface area contributed by atoms with E-state index in [9.17, 15) is 19.0 Å². The first-order valence-electron chi connectivity index (χ1n) is 21.5. The Labute approximate surface area is 338 Å². The van der Waals surface area contributed by atoms with Crippen LogP contribution in [-0.2, 0) is 23.7 Å². The highest BCUT2D eigenvalue weighted by Gasteiger charge is 2.53. The van der Waals surface area contributed by atoms with E-state index in [1.54, 1.807) is 0 Å². The summed E-state index contributed by atoms with van der Waals surface area (Å²) < 4.78 is 49.7. The molecule has 5 fully saturated rings. The quantitative estimate of drug-likeness (QED) is 0.0588. The summed E-state index contributed by atoms with van der Waals surface area (Å²) >= 11 is 0. The molecule has 0 aromatic heterocycles. The normalized spacial score (nSPS) is 25.2. The minimum Gasteiger partial charge on any atom is -0.378 e. The lowest BCUT2D eigenvalue weighted by Gasteiger charge is -2.54. The molecular formula is C44H66F2N6O5. The molecule has 3 aliphatic heterocycles. The number of hydrogen-bond acceptors (Lipinski definition) is 9. The molecule has 13 heteroatoms. The maximum Gasteiger partial charge on any atom is 0.248 e. The van der Waals surface area contributed by atoms with Crippen LogP contribution in [0.2, 0.25) is 0 Å². The van der Waals surface area contributed by atoms with Gasteiger partial charge in [-0.15, -0.1) is 6.42 Å². The van der Waals surface area contributed by atoms with Gasteiger partial charge in [-0.2, -0.15) is 0 Å². The van der Waals surface area contributed by atoms with Crippen LogP contribution in [0.1, 0.15) is 95.6 Å². The predicted molar refractivity (Wildman–Crippen MR) is 217 cm³/mol. The summed E-state index contributed by atoms with van der Waals surface area (Å²) in [6.45, 7) is 9.80. The third-order valence-corrected chi connectivity index (χ3v) is 13.4. The topological polar surface area (TPSA) is 123 Å². The summed E-state index contributed by atoms with van der Waals surface area (Å²) in [6.07, 6.45) is 13.3. The fourth-order valence-corrected chi connectivity index (χ4v) is 10.2. The number of alkyl halides is 2. The number of likely N-dealkylation sites (tertiary alicyclic amines) is 1. The second-order valence-corrected chi connectivity index (χ2v) is 17.1. The molecule has 2 saturated carbocycles. The van der Waals surface area contributed by atoms with E-state index in [1.807, 2.05) is 37.3 Å². The van der Waals surface area contributed by atoms with Crippen molar-refractivity contribution in [2.45, 2.75) is 114 Å². The lowest BCUT2D eigenvalue weighted by molar-refractivity contribution is -0.130. The molecule has 3 saturated heterocycles. The Morgan fingerprint density at radius 1 is 0.895 bits per heavy atom. The van der Waals surface area contributed by atoms with E-state index in [-0.39, 0.29) is 61.6 Å². The monoisotopic (exact) mass is 797 g/mol. The van der Waals surface area contributed by atoms with Gasteiger partial charge in [0.05, 0.1) is 64.2 Å². The van der Waals surface area contributed by atoms with Crippen LogP contribution in [0.5, 0.6) is 0 Å². The van der Waals surface area contributed by atoms with E-state index in [0.717, 1.165) is 83.1 Å². The Kier molecular flexibility index (Phi) is 15.9. The Morgan fingerprint density at radius 2 is 1.53 bits per heavy atom. The lowest BCUT2D eigenvalue weighted by Crippen LogP contribution is -2.56. The summed E-state index contributed by atoms with van der Waals surface area (Å²) in [5, 5.41) is 21.5. The summed E-state index contributed by atoms with van der Waals surface area (Å²) in [5.74, 6) is 0.544. The Bertz CT molecular complexity index is 1490. The first kappa shape index (κ1) is 43.6. The standard InChI is InChI=1S/C44H66F2N6O5/c1-3-22-54-24-26-56-28-29-57-27-25-55-23-21-50-19-16-43(17-20-50)31-36(32-43)41(48)52(33(2)47)40-30-37-9-10-39(40)51(37)18-13-38(34-7-5-4-6-8-34)49-42(53)35-11-14-44(45,46)15-12-35/h1,4-8,35-40,47-48H,9-32H2,2H3,(H,49,53)/t37?,38-,39?,40?/m0/s1. The second kappa shape index (κ2) is 20.8. The summed E-state index contributed by atoms with van der Waals surface area (Å²) in [6, 6.07) is 10.6. The summed E-state index contributed by atoms with van der Waals surface area (Å²) in [7, 11) is 0. The Balaban J connectivity index is 0.908. The molecule has 1 aromatic carbocycles. The van der Waals surface area contributed by atoms with Gasteiger partial charge < -0.3 is 34.1 Å². The molecule has 316 valence electrons. The van der Waals surface area contributed by atoms with Crippen molar-refractivity contribution in [1.82, 2.24) is 20.0 Å². The zero-order chi connectivity index (χ0) is 40.3. The van der Waals surface area contributed by atoms with Crippen molar-refractivity contribution in [2.75, 3.05) is 79.0 Å². The number of nitrogens with one attached hydrogen (secondary N) is 3. The van der Waals surface area contributed by atoms with Crippen molar-refractivity contribution in [3.63, 3.8) is 0 Å². The van der Waals surface area contributed by atoms with Crippen LogP contribution in [0.25, 0.3) is 0 Å². The number of carbonyl (C=O) groups excluding carboxylic acids is 1. The number of fused-ring (bicyclic) bond motifs is 2. The SMILES string of the molecule is C#CCOCCOCCOCCOCCN1CCC2(CC1)CC(C(=N)N(C(C)=N)C1CC3CCC1N3CC[C@H](NC(=O)C1CCC(F)(F)CC1)c1ccccc1)C2. The predicted octanol–water partition coefficient (Wildman–Crippen LogP) is 6.13. The lowest BCUT2D eigenvalue weighted by atomic mass is 9.57. The van der Waals surface area contributed by atoms with Gasteiger partial charge in [0.25, 0.3) is 0 Å². The van der Waals surface area contributed by atoms with E-state index < -0.39 is 5.92 Å².